The van der Waals surface area contributed by atoms with Crippen LogP contribution in [0.1, 0.15) is 33.5 Å². The molecule has 9 N–H and O–H groups in total. The number of guanidine groups is 1. The smallest absolute Gasteiger partial charge is 0.464 e. The Bertz CT molecular complexity index is 1160. The maximum Gasteiger partial charge on any atom is 0.466 e. The molecule has 0 aliphatic heterocycles. The van der Waals surface area contributed by atoms with Gasteiger partial charge in [-0.15, -0.1) is 0 Å². The number of rotatable bonds is 12. The molecule has 2 aromatic rings. The SMILES string of the molecule is CNCc1ccc(CSCC/N=C(/NCC(O)c2ccc(C(N)=O)cc2)NS(C)(=O)=O)o1.O=P(O)(O)O. The third-order valence-electron chi connectivity index (χ3n) is 4.14. The lowest BCUT2D eigenvalue weighted by atomic mass is 10.1. The van der Waals surface area contributed by atoms with Crippen molar-refractivity contribution < 1.29 is 42.0 Å². The molecule has 0 radical (unpaired) electrons. The van der Waals surface area contributed by atoms with Crippen molar-refractivity contribution in [2.75, 3.05) is 32.1 Å². The molecule has 1 aromatic carbocycles. The standard InChI is InChI=1S/C20H29N5O5S2.H3O4P/c1-22-11-16-7-8-17(30-16)13-31-10-9-23-20(25-32(2,28)29)24-12-18(26)14-3-5-15(6-4-14)19(21)27;1-5(2,3)4/h3-8,18,22,26H,9-13H2,1-2H3,(H2,21,27)(H2,23,24,25);(H3,1,2,3,4). The number of nitrogens with one attached hydrogen (secondary N) is 3. The van der Waals surface area contributed by atoms with E-state index in [1.807, 2.05) is 19.2 Å². The summed E-state index contributed by atoms with van der Waals surface area (Å²) in [5.41, 5.74) is 6.09. The molecule has 37 heavy (non-hydrogen) atoms. The predicted molar refractivity (Wildman–Crippen MR) is 140 cm³/mol. The zero-order valence-corrected chi connectivity index (χ0v) is 22.7. The average molecular weight is 582 g/mol. The van der Waals surface area contributed by atoms with Gasteiger partial charge in [0.15, 0.2) is 0 Å². The van der Waals surface area contributed by atoms with E-state index in [4.69, 9.17) is 29.4 Å². The molecule has 0 fully saturated rings. The second-order valence-electron chi connectivity index (χ2n) is 7.45. The average Bonchev–Trinajstić information content (AvgIpc) is 3.22. The normalized spacial score (nSPS) is 12.9. The van der Waals surface area contributed by atoms with E-state index in [9.17, 15) is 18.3 Å². The van der Waals surface area contributed by atoms with Crippen molar-refractivity contribution in [1.82, 2.24) is 15.4 Å². The number of hydrogen-bond acceptors (Lipinski definition) is 9. The molecular formula is C20H32N5O9PS2. The number of benzene rings is 1. The molecule has 14 nitrogen and oxygen atoms in total. The Morgan fingerprint density at radius 2 is 1.76 bits per heavy atom. The minimum Gasteiger partial charge on any atom is -0.464 e. The lowest BCUT2D eigenvalue weighted by molar-refractivity contribution is 0.1000. The summed E-state index contributed by atoms with van der Waals surface area (Å²) >= 11 is 1.61. The molecule has 17 heteroatoms. The molecule has 2 rings (SSSR count). The largest absolute Gasteiger partial charge is 0.466 e. The summed E-state index contributed by atoms with van der Waals surface area (Å²) in [6, 6.07) is 10.1. The zero-order chi connectivity index (χ0) is 28.1. The Morgan fingerprint density at radius 1 is 1.16 bits per heavy atom. The van der Waals surface area contributed by atoms with Crippen molar-refractivity contribution in [3.05, 3.63) is 59.0 Å². The van der Waals surface area contributed by atoms with Gasteiger partial charge in [0, 0.05) is 17.9 Å². The van der Waals surface area contributed by atoms with E-state index in [1.54, 1.807) is 23.9 Å². The number of hydrogen-bond donors (Lipinski definition) is 8. The quantitative estimate of drug-likeness (QED) is 0.0694. The summed E-state index contributed by atoms with van der Waals surface area (Å²) in [5, 5.41) is 16.2. The molecule has 1 amide bonds. The molecule has 0 bridgehead atoms. The van der Waals surface area contributed by atoms with Crippen LogP contribution in [-0.4, -0.2) is 72.2 Å². The Morgan fingerprint density at radius 3 is 2.30 bits per heavy atom. The lowest BCUT2D eigenvalue weighted by Gasteiger charge is -2.15. The Kier molecular flexibility index (Phi) is 13.9. The minimum absolute atomic E-state index is 0.0189. The molecule has 1 aromatic heterocycles. The molecule has 1 unspecified atom stereocenters. The van der Waals surface area contributed by atoms with Crippen LogP contribution in [0.4, 0.5) is 0 Å². The summed E-state index contributed by atoms with van der Waals surface area (Å²) in [6.45, 7) is 1.05. The third-order valence-corrected chi connectivity index (χ3v) is 5.67. The number of furan rings is 1. The number of phosphoric acid groups is 1. The Labute approximate surface area is 219 Å². The van der Waals surface area contributed by atoms with Crippen molar-refractivity contribution in [2.45, 2.75) is 18.4 Å². The summed E-state index contributed by atoms with van der Waals surface area (Å²) in [5.74, 6) is 2.56. The second kappa shape index (κ2) is 15.7. The van der Waals surface area contributed by atoms with Gasteiger partial charge in [-0.2, -0.15) is 11.8 Å². The van der Waals surface area contributed by atoms with Crippen molar-refractivity contribution in [3.63, 3.8) is 0 Å². The number of sulfonamides is 1. The summed E-state index contributed by atoms with van der Waals surface area (Å²) < 4.78 is 40.1. The Balaban J connectivity index is 0.00000124. The van der Waals surface area contributed by atoms with Gasteiger partial charge in [0.2, 0.25) is 21.9 Å². The zero-order valence-electron chi connectivity index (χ0n) is 20.2. The number of thioether (sulfide) groups is 1. The van der Waals surface area contributed by atoms with Crippen molar-refractivity contribution in [3.8, 4) is 0 Å². The van der Waals surface area contributed by atoms with Crippen LogP contribution in [-0.2, 0) is 26.9 Å². The predicted octanol–water partition coefficient (Wildman–Crippen LogP) is -0.369. The number of nitrogens with zero attached hydrogens (tertiary/aromatic N) is 1. The van der Waals surface area contributed by atoms with E-state index >= 15 is 0 Å². The van der Waals surface area contributed by atoms with Crippen molar-refractivity contribution in [1.29, 1.82) is 0 Å². The molecule has 0 saturated heterocycles. The maximum absolute atomic E-state index is 11.6. The van der Waals surface area contributed by atoms with Crippen LogP contribution in [0, 0.1) is 0 Å². The number of amides is 1. The maximum atomic E-state index is 11.6. The highest BCUT2D eigenvalue weighted by atomic mass is 32.2. The number of primary amides is 1. The summed E-state index contributed by atoms with van der Waals surface area (Å²) in [6.07, 6.45) is 0.0843. The van der Waals surface area contributed by atoms with Crippen molar-refractivity contribution in [2.24, 2.45) is 10.7 Å². The highest BCUT2D eigenvalue weighted by Gasteiger charge is 2.12. The molecule has 0 aliphatic carbocycles. The first-order valence-corrected chi connectivity index (χ1v) is 15.2. The van der Waals surface area contributed by atoms with E-state index in [0.29, 0.717) is 35.7 Å². The van der Waals surface area contributed by atoms with Gasteiger partial charge in [0.25, 0.3) is 0 Å². The van der Waals surface area contributed by atoms with Gasteiger partial charge in [-0.3, -0.25) is 14.5 Å². The van der Waals surface area contributed by atoms with Gasteiger partial charge in [0.1, 0.15) is 11.5 Å². The van der Waals surface area contributed by atoms with Crippen LogP contribution in [0.15, 0.2) is 45.8 Å². The second-order valence-corrected chi connectivity index (χ2v) is 11.3. The van der Waals surface area contributed by atoms with Gasteiger partial charge in [-0.05, 0) is 36.9 Å². The van der Waals surface area contributed by atoms with E-state index in [-0.39, 0.29) is 12.5 Å². The number of carbonyl (C=O) groups excluding carboxylic acids is 1. The number of aliphatic hydroxyl groups is 1. The number of aliphatic imine (C=N–C) groups is 1. The fourth-order valence-corrected chi connectivity index (χ4v) is 3.85. The monoisotopic (exact) mass is 581 g/mol. The first kappa shape index (κ1) is 32.6. The van der Waals surface area contributed by atoms with Crippen LogP contribution < -0.4 is 21.1 Å². The minimum atomic E-state index is -4.64. The molecule has 208 valence electrons. The molecular weight excluding hydrogens is 549 g/mol. The summed E-state index contributed by atoms with van der Waals surface area (Å²) in [4.78, 5) is 37.0. The summed E-state index contributed by atoms with van der Waals surface area (Å²) in [7, 11) is -6.33. The highest BCUT2D eigenvalue weighted by Crippen LogP contribution is 2.25. The van der Waals surface area contributed by atoms with Crippen LogP contribution in [0.5, 0.6) is 0 Å². The topological polar surface area (TPSA) is 237 Å². The van der Waals surface area contributed by atoms with E-state index < -0.39 is 29.9 Å². The third kappa shape index (κ3) is 16.1. The van der Waals surface area contributed by atoms with Crippen LogP contribution >= 0.6 is 19.6 Å². The van der Waals surface area contributed by atoms with Gasteiger partial charge in [-0.25, -0.2) is 13.0 Å². The van der Waals surface area contributed by atoms with E-state index in [0.717, 1.165) is 17.8 Å². The molecule has 0 saturated carbocycles. The number of nitrogens with two attached hydrogens (primary N) is 1. The molecule has 0 spiro atoms. The molecule has 0 aliphatic rings. The number of aliphatic hydroxyl groups excluding tert-OH is 1. The highest BCUT2D eigenvalue weighted by molar-refractivity contribution is 7.98. The molecule has 1 atom stereocenters. The first-order valence-electron chi connectivity index (χ1n) is 10.6. The van der Waals surface area contributed by atoms with E-state index in [2.05, 4.69) is 20.3 Å². The van der Waals surface area contributed by atoms with Crippen LogP contribution in [0.25, 0.3) is 0 Å². The van der Waals surface area contributed by atoms with Gasteiger partial charge >= 0.3 is 7.82 Å². The molecule has 1 heterocycles. The van der Waals surface area contributed by atoms with Crippen LogP contribution in [0.2, 0.25) is 0 Å². The van der Waals surface area contributed by atoms with Gasteiger partial charge in [0.05, 0.1) is 31.2 Å². The van der Waals surface area contributed by atoms with Crippen LogP contribution in [0.3, 0.4) is 0 Å². The van der Waals surface area contributed by atoms with Gasteiger partial charge in [-0.1, -0.05) is 12.1 Å². The lowest BCUT2D eigenvalue weighted by Crippen LogP contribution is -2.42. The Hall–Kier alpha value is -2.43. The van der Waals surface area contributed by atoms with Crippen molar-refractivity contribution >= 4 is 41.5 Å². The fraction of sp³-hybridized carbons (Fsp3) is 0.400. The van der Waals surface area contributed by atoms with Gasteiger partial charge < -0.3 is 40.6 Å². The first-order chi connectivity index (χ1) is 17.2. The van der Waals surface area contributed by atoms with E-state index in [1.165, 1.54) is 12.1 Å². The number of carbonyl (C=O) groups is 1. The fourth-order valence-electron chi connectivity index (χ4n) is 2.64.